The van der Waals surface area contributed by atoms with Gasteiger partial charge in [-0.2, -0.15) is 0 Å². The van der Waals surface area contributed by atoms with E-state index in [0.29, 0.717) is 16.8 Å². The predicted molar refractivity (Wildman–Crippen MR) is 100 cm³/mol. The Morgan fingerprint density at radius 3 is 2.54 bits per heavy atom. The number of halogens is 2. The molecule has 0 radical (unpaired) electrons. The zero-order chi connectivity index (χ0) is 20.4. The van der Waals surface area contributed by atoms with Crippen molar-refractivity contribution in [2.45, 2.75) is 19.8 Å². The lowest BCUT2D eigenvalue weighted by Gasteiger charge is -2.39. The van der Waals surface area contributed by atoms with Gasteiger partial charge in [-0.15, -0.1) is 10.2 Å². The van der Waals surface area contributed by atoms with Crippen LogP contribution in [0.4, 0.5) is 20.4 Å². The van der Waals surface area contributed by atoms with E-state index in [2.05, 4.69) is 10.2 Å². The Bertz CT molecular complexity index is 1130. The third-order valence-corrected chi connectivity index (χ3v) is 4.98. The van der Waals surface area contributed by atoms with Crippen LogP contribution in [-0.4, -0.2) is 44.8 Å². The maximum Gasteiger partial charge on any atom is 0.282 e. The quantitative estimate of drug-likeness (QED) is 0.629. The highest BCUT2D eigenvalue weighted by molar-refractivity contribution is 6.10. The van der Waals surface area contributed by atoms with Crippen molar-refractivity contribution in [1.82, 2.24) is 14.8 Å². The van der Waals surface area contributed by atoms with Crippen molar-refractivity contribution in [3.8, 4) is 11.4 Å². The van der Waals surface area contributed by atoms with E-state index < -0.39 is 24.9 Å². The number of benzene rings is 1. The number of anilines is 2. The Morgan fingerprint density at radius 1 is 1.25 bits per heavy atom. The van der Waals surface area contributed by atoms with E-state index in [4.69, 9.17) is 11.5 Å². The second-order valence-corrected chi connectivity index (χ2v) is 6.98. The molecule has 0 spiro atoms. The van der Waals surface area contributed by atoms with Crippen molar-refractivity contribution in [1.29, 1.82) is 0 Å². The van der Waals surface area contributed by atoms with Crippen molar-refractivity contribution in [2.24, 2.45) is 5.73 Å². The molecular weight excluding hydrogens is 370 g/mol. The van der Waals surface area contributed by atoms with Gasteiger partial charge in [0.05, 0.1) is 24.3 Å². The SMILES string of the molecule is Cc1ccc(O)c(C)c1-n1c(N)c(C(N)=O)c2nnc(N3CC(F)(F)C3)cc21. The first-order valence-electron chi connectivity index (χ1n) is 8.50. The van der Waals surface area contributed by atoms with Crippen LogP contribution < -0.4 is 16.4 Å². The monoisotopic (exact) mass is 388 g/mol. The summed E-state index contributed by atoms with van der Waals surface area (Å²) in [6, 6.07) is 4.81. The zero-order valence-electron chi connectivity index (χ0n) is 15.2. The van der Waals surface area contributed by atoms with Crippen LogP contribution in [-0.2, 0) is 0 Å². The van der Waals surface area contributed by atoms with E-state index in [1.54, 1.807) is 29.7 Å². The minimum atomic E-state index is -2.77. The molecule has 28 heavy (non-hydrogen) atoms. The molecule has 1 saturated heterocycles. The molecule has 3 heterocycles. The molecule has 5 N–H and O–H groups in total. The summed E-state index contributed by atoms with van der Waals surface area (Å²) in [6.45, 7) is 2.60. The number of aromatic hydroxyl groups is 1. The van der Waals surface area contributed by atoms with E-state index in [9.17, 15) is 18.7 Å². The van der Waals surface area contributed by atoms with Gasteiger partial charge in [0.2, 0.25) is 0 Å². The van der Waals surface area contributed by atoms with E-state index in [1.165, 1.54) is 4.90 Å². The number of phenols is 1. The molecule has 0 unspecified atom stereocenters. The lowest BCUT2D eigenvalue weighted by Crippen LogP contribution is -2.56. The molecule has 1 aliphatic heterocycles. The van der Waals surface area contributed by atoms with Crippen LogP contribution in [0.3, 0.4) is 0 Å². The van der Waals surface area contributed by atoms with Crippen molar-refractivity contribution < 1.29 is 18.7 Å². The number of aromatic nitrogens is 3. The number of phenolic OH excluding ortho intramolecular Hbond substituents is 1. The summed E-state index contributed by atoms with van der Waals surface area (Å²) in [5.74, 6) is -3.22. The first-order valence-corrected chi connectivity index (χ1v) is 8.50. The Kier molecular flexibility index (Phi) is 3.71. The summed E-state index contributed by atoms with van der Waals surface area (Å²) in [4.78, 5) is 13.4. The minimum absolute atomic E-state index is 0.00914. The van der Waals surface area contributed by atoms with Crippen molar-refractivity contribution in [2.75, 3.05) is 23.7 Å². The molecule has 146 valence electrons. The molecule has 4 rings (SSSR count). The predicted octanol–water partition coefficient (Wildman–Crippen LogP) is 1.88. The van der Waals surface area contributed by atoms with Gasteiger partial charge < -0.3 is 21.5 Å². The molecule has 10 heteroatoms. The number of carbonyl (C=O) groups excluding carboxylic acids is 1. The molecule has 1 aliphatic rings. The summed E-state index contributed by atoms with van der Waals surface area (Å²) < 4.78 is 28.1. The number of hydrogen-bond acceptors (Lipinski definition) is 6. The van der Waals surface area contributed by atoms with Crippen LogP contribution in [0.15, 0.2) is 18.2 Å². The number of carbonyl (C=O) groups is 1. The highest BCUT2D eigenvalue weighted by Crippen LogP contribution is 2.37. The highest BCUT2D eigenvalue weighted by atomic mass is 19.3. The Labute approximate surface area is 158 Å². The Balaban J connectivity index is 2.01. The second kappa shape index (κ2) is 5.78. The van der Waals surface area contributed by atoms with Crippen molar-refractivity contribution in [3.05, 3.63) is 34.9 Å². The molecule has 2 aromatic heterocycles. The van der Waals surface area contributed by atoms with Gasteiger partial charge >= 0.3 is 0 Å². The first kappa shape index (κ1) is 18.0. The topological polar surface area (TPSA) is 123 Å². The number of primary amides is 1. The molecule has 0 bridgehead atoms. The molecule has 0 atom stereocenters. The fraction of sp³-hybridized carbons (Fsp3) is 0.278. The zero-order valence-corrected chi connectivity index (χ0v) is 15.2. The summed E-state index contributed by atoms with van der Waals surface area (Å²) in [5, 5.41) is 18.2. The number of nitrogens with zero attached hydrogens (tertiary/aromatic N) is 4. The fourth-order valence-electron chi connectivity index (χ4n) is 3.56. The lowest BCUT2D eigenvalue weighted by molar-refractivity contribution is -0.0267. The van der Waals surface area contributed by atoms with E-state index in [1.807, 2.05) is 6.92 Å². The van der Waals surface area contributed by atoms with Gasteiger partial charge in [0.1, 0.15) is 22.6 Å². The number of amides is 1. The average Bonchev–Trinajstić information content (AvgIpc) is 2.88. The lowest BCUT2D eigenvalue weighted by atomic mass is 10.1. The molecule has 8 nitrogen and oxygen atoms in total. The van der Waals surface area contributed by atoms with Gasteiger partial charge in [0.15, 0.2) is 5.82 Å². The van der Waals surface area contributed by atoms with Gasteiger partial charge in [-0.3, -0.25) is 9.36 Å². The minimum Gasteiger partial charge on any atom is -0.508 e. The van der Waals surface area contributed by atoms with E-state index >= 15 is 0 Å². The van der Waals surface area contributed by atoms with Gasteiger partial charge in [-0.25, -0.2) is 8.78 Å². The third kappa shape index (κ3) is 2.52. The van der Waals surface area contributed by atoms with Crippen LogP contribution >= 0.6 is 0 Å². The third-order valence-electron chi connectivity index (χ3n) is 4.98. The van der Waals surface area contributed by atoms with E-state index in [0.717, 1.165) is 5.56 Å². The van der Waals surface area contributed by atoms with Gasteiger partial charge in [-0.1, -0.05) is 6.07 Å². The number of nitrogens with two attached hydrogens (primary N) is 2. The fourth-order valence-corrected chi connectivity index (χ4v) is 3.56. The molecular formula is C18H18F2N6O2. The molecule has 0 aliphatic carbocycles. The number of rotatable bonds is 3. The van der Waals surface area contributed by atoms with Crippen LogP contribution in [0.2, 0.25) is 0 Å². The largest absolute Gasteiger partial charge is 0.508 e. The molecule has 3 aromatic rings. The Hall–Kier alpha value is -3.43. The summed E-state index contributed by atoms with van der Waals surface area (Å²) >= 11 is 0. The van der Waals surface area contributed by atoms with Crippen LogP contribution in [0.25, 0.3) is 16.7 Å². The maximum absolute atomic E-state index is 13.3. The normalized spacial score (nSPS) is 15.6. The molecule has 0 saturated carbocycles. The van der Waals surface area contributed by atoms with Crippen molar-refractivity contribution >= 4 is 28.6 Å². The van der Waals surface area contributed by atoms with Gasteiger partial charge in [-0.05, 0) is 25.5 Å². The average molecular weight is 388 g/mol. The Morgan fingerprint density at radius 2 is 1.93 bits per heavy atom. The smallest absolute Gasteiger partial charge is 0.282 e. The summed E-state index contributed by atoms with van der Waals surface area (Å²) in [5.41, 5.74) is 14.1. The number of fused-ring (bicyclic) bond motifs is 1. The summed E-state index contributed by atoms with van der Waals surface area (Å²) in [6.07, 6.45) is 0. The summed E-state index contributed by atoms with van der Waals surface area (Å²) in [7, 11) is 0. The van der Waals surface area contributed by atoms with E-state index in [-0.39, 0.29) is 28.5 Å². The van der Waals surface area contributed by atoms with Gasteiger partial charge in [0.25, 0.3) is 11.8 Å². The highest BCUT2D eigenvalue weighted by Gasteiger charge is 2.44. The number of hydrogen-bond donors (Lipinski definition) is 3. The van der Waals surface area contributed by atoms with Crippen molar-refractivity contribution in [3.63, 3.8) is 0 Å². The molecule has 1 aromatic carbocycles. The molecule has 1 amide bonds. The van der Waals surface area contributed by atoms with Gasteiger partial charge in [0, 0.05) is 11.6 Å². The maximum atomic E-state index is 13.3. The molecule has 1 fully saturated rings. The van der Waals surface area contributed by atoms with Crippen LogP contribution in [0.5, 0.6) is 5.75 Å². The van der Waals surface area contributed by atoms with Crippen LogP contribution in [0, 0.1) is 13.8 Å². The number of nitrogen functional groups attached to an aromatic ring is 1. The van der Waals surface area contributed by atoms with Crippen LogP contribution in [0.1, 0.15) is 21.5 Å². The first-order chi connectivity index (χ1) is 13.1. The number of aryl methyl sites for hydroxylation is 1. The second-order valence-electron chi connectivity index (χ2n) is 6.98. The number of alkyl halides is 2. The standard InChI is InChI=1S/C18H18F2N6O2/c1-8-3-4-11(27)9(2)15(8)26-10-5-12(25-6-18(19,20)7-25)23-24-14(10)13(16(26)21)17(22)28/h3-5,27H,6-7,21H2,1-2H3,(H2,22,28).